The van der Waals surface area contributed by atoms with Gasteiger partial charge in [-0.2, -0.15) is 5.10 Å². The second kappa shape index (κ2) is 3.71. The van der Waals surface area contributed by atoms with E-state index in [-0.39, 0.29) is 18.2 Å². The molecule has 0 radical (unpaired) electrons. The summed E-state index contributed by atoms with van der Waals surface area (Å²) in [6.07, 6.45) is 0.280. The van der Waals surface area contributed by atoms with Crippen molar-refractivity contribution in [3.05, 3.63) is 35.0 Å². The zero-order chi connectivity index (χ0) is 12.8. The van der Waals surface area contributed by atoms with Crippen molar-refractivity contribution in [2.75, 3.05) is 0 Å². The van der Waals surface area contributed by atoms with Gasteiger partial charge in [0.05, 0.1) is 10.7 Å². The van der Waals surface area contributed by atoms with Crippen LogP contribution in [0.5, 0.6) is 0 Å². The van der Waals surface area contributed by atoms with Crippen LogP contribution >= 0.6 is 0 Å². The van der Waals surface area contributed by atoms with Crippen molar-refractivity contribution in [2.24, 2.45) is 21.0 Å². The molecule has 1 amide bonds. The Morgan fingerprint density at radius 1 is 1.33 bits per heavy atom. The molecule has 2 N–H and O–H groups in total. The molecule has 18 heavy (non-hydrogen) atoms. The number of para-hydroxylation sites is 2. The van der Waals surface area contributed by atoms with Crippen LogP contribution < -0.4 is 16.1 Å². The molecule has 0 aromatic heterocycles. The minimum absolute atomic E-state index is 0.162. The van der Waals surface area contributed by atoms with Crippen LogP contribution in [-0.4, -0.2) is 22.6 Å². The van der Waals surface area contributed by atoms with E-state index in [1.165, 1.54) is 0 Å². The standard InChI is InChI=1S/C12H12N4O2/c1-7-6-10(17)15-16-11(7)12(18)13-8-4-2-3-5-9(8)14-12/h2-5,7,18H,6H2,1H3,(H,15,17). The Balaban J connectivity index is 2.09. The molecule has 0 spiro atoms. The number of carbonyl (C=O) groups excluding carboxylic acids is 1. The molecule has 0 aliphatic carbocycles. The average molecular weight is 244 g/mol. The first-order valence-corrected chi connectivity index (χ1v) is 5.72. The average Bonchev–Trinajstić information content (AvgIpc) is 2.65. The molecule has 92 valence electrons. The lowest BCUT2D eigenvalue weighted by Crippen LogP contribution is -2.44. The summed E-state index contributed by atoms with van der Waals surface area (Å²) in [7, 11) is 0. The number of carbonyl (C=O) groups is 1. The molecule has 6 nitrogen and oxygen atoms in total. The molecule has 3 rings (SSSR count). The fourth-order valence-electron chi connectivity index (χ4n) is 2.19. The lowest BCUT2D eigenvalue weighted by molar-refractivity contribution is -0.122. The maximum atomic E-state index is 11.2. The summed E-state index contributed by atoms with van der Waals surface area (Å²) in [6.45, 7) is 1.82. The van der Waals surface area contributed by atoms with Crippen molar-refractivity contribution < 1.29 is 9.90 Å². The van der Waals surface area contributed by atoms with E-state index in [0.29, 0.717) is 16.4 Å². The van der Waals surface area contributed by atoms with Gasteiger partial charge in [-0.25, -0.2) is 15.4 Å². The maximum absolute atomic E-state index is 11.2. The smallest absolute Gasteiger partial charge is 0.299 e. The Labute approximate surface area is 103 Å². The number of hydrazone groups is 1. The Hall–Kier alpha value is -2.08. The second-order valence-electron chi connectivity index (χ2n) is 4.48. The number of amides is 1. The Morgan fingerprint density at radius 2 is 1.94 bits per heavy atom. The Bertz CT molecular complexity index is 630. The van der Waals surface area contributed by atoms with Gasteiger partial charge in [0.2, 0.25) is 5.91 Å². The van der Waals surface area contributed by atoms with Crippen LogP contribution in [0.3, 0.4) is 0 Å². The lowest BCUT2D eigenvalue weighted by Gasteiger charge is -2.25. The first-order chi connectivity index (χ1) is 8.58. The number of fused-ring (bicyclic) bond motifs is 1. The molecular weight excluding hydrogens is 232 g/mol. The van der Waals surface area contributed by atoms with E-state index >= 15 is 0 Å². The lowest BCUT2D eigenvalue weighted by atomic mass is 9.96. The minimum Gasteiger partial charge on any atom is -0.346 e. The first-order valence-electron chi connectivity index (χ1n) is 5.72. The van der Waals surface area contributed by atoms with E-state index in [1.54, 1.807) is 12.1 Å². The highest BCUT2D eigenvalue weighted by atomic mass is 16.3. The molecular formula is C12H12N4O2. The van der Waals surface area contributed by atoms with Gasteiger partial charge in [-0.05, 0) is 12.1 Å². The van der Waals surface area contributed by atoms with Crippen molar-refractivity contribution in [3.63, 3.8) is 0 Å². The van der Waals surface area contributed by atoms with E-state index < -0.39 is 5.85 Å². The normalized spacial score (nSPS) is 24.4. The molecule has 1 atom stereocenters. The number of rotatable bonds is 1. The number of hydrogen-bond acceptors (Lipinski definition) is 5. The van der Waals surface area contributed by atoms with Gasteiger partial charge in [0.15, 0.2) is 0 Å². The maximum Gasteiger partial charge on any atom is 0.299 e. The third kappa shape index (κ3) is 1.62. The van der Waals surface area contributed by atoms with E-state index in [9.17, 15) is 9.90 Å². The monoisotopic (exact) mass is 244 g/mol. The third-order valence-electron chi connectivity index (χ3n) is 3.04. The van der Waals surface area contributed by atoms with Crippen LogP contribution in [0.2, 0.25) is 0 Å². The molecule has 2 aliphatic rings. The van der Waals surface area contributed by atoms with Crippen molar-refractivity contribution >= 4 is 11.6 Å². The SMILES string of the molecule is CC1CC(=O)NN=C1C1(O)N=c2ccccc2=N1. The predicted molar refractivity (Wildman–Crippen MR) is 63.1 cm³/mol. The molecule has 0 saturated carbocycles. The summed E-state index contributed by atoms with van der Waals surface area (Å²) >= 11 is 0. The van der Waals surface area contributed by atoms with E-state index in [4.69, 9.17) is 0 Å². The molecule has 1 unspecified atom stereocenters. The number of hydrogen-bond donors (Lipinski definition) is 2. The highest BCUT2D eigenvalue weighted by molar-refractivity contribution is 5.99. The first kappa shape index (κ1) is 11.0. The van der Waals surface area contributed by atoms with Gasteiger partial charge in [0.1, 0.15) is 5.71 Å². The minimum atomic E-state index is -1.68. The zero-order valence-corrected chi connectivity index (χ0v) is 9.79. The second-order valence-corrected chi connectivity index (χ2v) is 4.48. The van der Waals surface area contributed by atoms with Gasteiger partial charge < -0.3 is 5.11 Å². The van der Waals surface area contributed by atoms with E-state index in [1.807, 2.05) is 19.1 Å². The van der Waals surface area contributed by atoms with Crippen LogP contribution in [0, 0.1) is 5.92 Å². The summed E-state index contributed by atoms with van der Waals surface area (Å²) in [5.41, 5.74) is 2.73. The molecule has 0 fully saturated rings. The van der Waals surface area contributed by atoms with E-state index in [2.05, 4.69) is 20.5 Å². The van der Waals surface area contributed by atoms with Gasteiger partial charge in [0, 0.05) is 12.3 Å². The summed E-state index contributed by atoms with van der Waals surface area (Å²) in [6, 6.07) is 7.22. The number of aliphatic hydroxyl groups is 1. The predicted octanol–water partition coefficient (Wildman–Crippen LogP) is -0.903. The molecule has 2 heterocycles. The molecule has 1 aromatic rings. The quantitative estimate of drug-likeness (QED) is 0.670. The Kier molecular flexibility index (Phi) is 2.27. The third-order valence-corrected chi connectivity index (χ3v) is 3.04. The van der Waals surface area contributed by atoms with Crippen LogP contribution in [0.15, 0.2) is 39.4 Å². The van der Waals surface area contributed by atoms with Crippen molar-refractivity contribution in [2.45, 2.75) is 19.2 Å². The molecule has 2 aliphatic heterocycles. The van der Waals surface area contributed by atoms with Gasteiger partial charge >= 0.3 is 0 Å². The molecule has 0 bridgehead atoms. The topological polar surface area (TPSA) is 86.4 Å². The fourth-order valence-corrected chi connectivity index (χ4v) is 2.19. The number of nitrogens with one attached hydrogen (secondary N) is 1. The Morgan fingerprint density at radius 3 is 2.50 bits per heavy atom. The largest absolute Gasteiger partial charge is 0.346 e. The number of benzene rings is 1. The highest BCUT2D eigenvalue weighted by Crippen LogP contribution is 2.22. The van der Waals surface area contributed by atoms with Crippen molar-refractivity contribution in [1.29, 1.82) is 0 Å². The van der Waals surface area contributed by atoms with Gasteiger partial charge in [-0.3, -0.25) is 4.79 Å². The molecule has 1 aromatic carbocycles. The van der Waals surface area contributed by atoms with Gasteiger partial charge in [0.25, 0.3) is 5.85 Å². The molecule has 6 heteroatoms. The van der Waals surface area contributed by atoms with Crippen LogP contribution in [0.1, 0.15) is 13.3 Å². The summed E-state index contributed by atoms with van der Waals surface area (Å²) in [4.78, 5) is 19.6. The fraction of sp³-hybridized carbons (Fsp3) is 0.333. The van der Waals surface area contributed by atoms with Crippen molar-refractivity contribution in [1.82, 2.24) is 5.43 Å². The number of nitrogens with zero attached hydrogens (tertiary/aromatic N) is 3. The van der Waals surface area contributed by atoms with Gasteiger partial charge in [-0.15, -0.1) is 0 Å². The van der Waals surface area contributed by atoms with Crippen molar-refractivity contribution in [3.8, 4) is 0 Å². The van der Waals surface area contributed by atoms with E-state index in [0.717, 1.165) is 0 Å². The summed E-state index contributed by atoms with van der Waals surface area (Å²) in [5.74, 6) is -2.03. The summed E-state index contributed by atoms with van der Waals surface area (Å²) in [5, 5.41) is 15.6. The highest BCUT2D eigenvalue weighted by Gasteiger charge is 2.40. The zero-order valence-electron chi connectivity index (χ0n) is 9.79. The van der Waals surface area contributed by atoms with Crippen LogP contribution in [-0.2, 0) is 4.79 Å². The van der Waals surface area contributed by atoms with Gasteiger partial charge in [-0.1, -0.05) is 19.1 Å². The van der Waals surface area contributed by atoms with Crippen LogP contribution in [0.4, 0.5) is 0 Å². The van der Waals surface area contributed by atoms with Crippen LogP contribution in [0.25, 0.3) is 0 Å². The molecule has 0 saturated heterocycles. The summed E-state index contributed by atoms with van der Waals surface area (Å²) < 4.78 is 0.